The number of nitrogens with one attached hydrogen (secondary N) is 2. The Balaban J connectivity index is 1.98. The average molecular weight is 288 g/mol. The highest BCUT2D eigenvalue weighted by Gasteiger charge is 2.08. The molecule has 6 heteroatoms. The highest BCUT2D eigenvalue weighted by atomic mass is 15.3. The molecular weight excluding hydrogens is 264 g/mol. The molecular formula is C15H24N6. The van der Waals surface area contributed by atoms with Crippen LogP contribution in [-0.4, -0.2) is 32.8 Å². The van der Waals surface area contributed by atoms with Crippen molar-refractivity contribution in [3.05, 3.63) is 29.8 Å². The minimum atomic E-state index is 0.790. The molecule has 2 aromatic heterocycles. The number of anilines is 2. The van der Waals surface area contributed by atoms with E-state index < -0.39 is 0 Å². The summed E-state index contributed by atoms with van der Waals surface area (Å²) in [5.41, 5.74) is 2.32. The second-order valence-corrected chi connectivity index (χ2v) is 5.04. The van der Waals surface area contributed by atoms with Gasteiger partial charge in [0.25, 0.3) is 0 Å². The van der Waals surface area contributed by atoms with Crippen LogP contribution in [0.15, 0.2) is 18.7 Å². The summed E-state index contributed by atoms with van der Waals surface area (Å²) >= 11 is 0. The van der Waals surface area contributed by atoms with E-state index in [2.05, 4.69) is 39.5 Å². The average Bonchev–Trinajstić information content (AvgIpc) is 2.90. The van der Waals surface area contributed by atoms with Crippen molar-refractivity contribution in [2.45, 2.75) is 40.2 Å². The van der Waals surface area contributed by atoms with Crippen LogP contribution in [0.2, 0.25) is 0 Å². The molecule has 2 rings (SSSR count). The molecule has 0 saturated carbocycles. The van der Waals surface area contributed by atoms with Crippen molar-refractivity contribution >= 4 is 11.6 Å². The van der Waals surface area contributed by atoms with Crippen LogP contribution in [0.1, 0.15) is 31.4 Å². The number of hydrogen-bond acceptors (Lipinski definition) is 5. The van der Waals surface area contributed by atoms with Gasteiger partial charge in [-0.1, -0.05) is 13.8 Å². The fourth-order valence-electron chi connectivity index (χ4n) is 2.17. The van der Waals surface area contributed by atoms with Crippen molar-refractivity contribution in [2.75, 3.05) is 23.7 Å². The normalized spacial score (nSPS) is 10.6. The summed E-state index contributed by atoms with van der Waals surface area (Å²) in [6, 6.07) is 0. The highest BCUT2D eigenvalue weighted by molar-refractivity contribution is 5.57. The molecule has 0 spiro atoms. The van der Waals surface area contributed by atoms with E-state index >= 15 is 0 Å². The highest BCUT2D eigenvalue weighted by Crippen LogP contribution is 2.20. The van der Waals surface area contributed by atoms with Gasteiger partial charge in [0.05, 0.1) is 12.7 Å². The molecule has 0 radical (unpaired) electrons. The van der Waals surface area contributed by atoms with E-state index in [1.54, 1.807) is 6.33 Å². The minimum absolute atomic E-state index is 0.790. The molecule has 0 atom stereocenters. The summed E-state index contributed by atoms with van der Waals surface area (Å²) in [7, 11) is 0. The van der Waals surface area contributed by atoms with Crippen LogP contribution in [0.5, 0.6) is 0 Å². The van der Waals surface area contributed by atoms with Crippen LogP contribution in [0.3, 0.4) is 0 Å². The van der Waals surface area contributed by atoms with E-state index in [0.717, 1.165) is 49.7 Å². The Morgan fingerprint density at radius 2 is 1.81 bits per heavy atom. The van der Waals surface area contributed by atoms with Gasteiger partial charge in [0.2, 0.25) is 0 Å². The molecule has 0 aliphatic heterocycles. The Bertz CT molecular complexity index is 563. The lowest BCUT2D eigenvalue weighted by molar-refractivity contribution is 0.636. The molecule has 0 aromatic carbocycles. The van der Waals surface area contributed by atoms with E-state index in [0.29, 0.717) is 0 Å². The topological polar surface area (TPSA) is 67.7 Å². The smallest absolute Gasteiger partial charge is 0.134 e. The van der Waals surface area contributed by atoms with Crippen LogP contribution in [0.25, 0.3) is 0 Å². The van der Waals surface area contributed by atoms with Crippen LogP contribution >= 0.6 is 0 Å². The predicted molar refractivity (Wildman–Crippen MR) is 85.6 cm³/mol. The van der Waals surface area contributed by atoms with Gasteiger partial charge < -0.3 is 10.6 Å². The Morgan fingerprint density at radius 3 is 2.38 bits per heavy atom. The molecule has 21 heavy (non-hydrogen) atoms. The molecule has 6 nitrogen and oxygen atoms in total. The predicted octanol–water partition coefficient (Wildman–Crippen LogP) is 2.48. The molecule has 0 aliphatic carbocycles. The molecule has 0 amide bonds. The molecule has 2 N–H and O–H groups in total. The van der Waals surface area contributed by atoms with Crippen molar-refractivity contribution in [2.24, 2.45) is 0 Å². The third kappa shape index (κ3) is 4.18. The van der Waals surface area contributed by atoms with Gasteiger partial charge >= 0.3 is 0 Å². The summed E-state index contributed by atoms with van der Waals surface area (Å²) < 4.78 is 1.94. The number of hydrogen-bond donors (Lipinski definition) is 2. The maximum atomic E-state index is 4.36. The molecule has 0 saturated heterocycles. The molecule has 0 bridgehead atoms. The van der Waals surface area contributed by atoms with Crippen molar-refractivity contribution < 1.29 is 0 Å². The third-order valence-corrected chi connectivity index (χ3v) is 3.24. The minimum Gasteiger partial charge on any atom is -0.370 e. The fourth-order valence-corrected chi connectivity index (χ4v) is 2.17. The van der Waals surface area contributed by atoms with E-state index in [4.69, 9.17) is 0 Å². The summed E-state index contributed by atoms with van der Waals surface area (Å²) in [4.78, 5) is 8.70. The Hall–Kier alpha value is -2.11. The van der Waals surface area contributed by atoms with Crippen molar-refractivity contribution in [1.82, 2.24) is 19.7 Å². The SMILES string of the molecule is CCCNc1ncnc(NCCn2cc(C)cn2)c1CC. The first-order chi connectivity index (χ1) is 10.2. The molecule has 114 valence electrons. The zero-order chi connectivity index (χ0) is 15.1. The lowest BCUT2D eigenvalue weighted by Gasteiger charge is -2.14. The van der Waals surface area contributed by atoms with Gasteiger partial charge in [0, 0.05) is 24.8 Å². The summed E-state index contributed by atoms with van der Waals surface area (Å²) in [6.07, 6.45) is 7.49. The molecule has 2 aromatic rings. The standard InChI is InChI=1S/C15H24N6/c1-4-6-16-14-13(5-2)15(19-11-18-14)17-7-8-21-10-12(3)9-20-21/h9-11H,4-8H2,1-3H3,(H2,16,17,18,19). The first-order valence-corrected chi connectivity index (χ1v) is 7.55. The third-order valence-electron chi connectivity index (χ3n) is 3.24. The molecule has 0 fully saturated rings. The van der Waals surface area contributed by atoms with Crippen molar-refractivity contribution in [3.8, 4) is 0 Å². The number of nitrogens with zero attached hydrogens (tertiary/aromatic N) is 4. The van der Waals surface area contributed by atoms with Gasteiger partial charge in [0.1, 0.15) is 18.0 Å². The lowest BCUT2D eigenvalue weighted by atomic mass is 10.2. The molecule has 0 unspecified atom stereocenters. The molecule has 2 heterocycles. The van der Waals surface area contributed by atoms with Crippen molar-refractivity contribution in [1.29, 1.82) is 0 Å². The number of aromatic nitrogens is 4. The second kappa shape index (κ2) is 7.61. The van der Waals surface area contributed by atoms with Crippen LogP contribution in [0.4, 0.5) is 11.6 Å². The largest absolute Gasteiger partial charge is 0.370 e. The van der Waals surface area contributed by atoms with Gasteiger partial charge in [0.15, 0.2) is 0 Å². The van der Waals surface area contributed by atoms with Gasteiger partial charge in [-0.3, -0.25) is 4.68 Å². The first kappa shape index (κ1) is 15.3. The van der Waals surface area contributed by atoms with Gasteiger partial charge in [-0.05, 0) is 25.3 Å². The monoisotopic (exact) mass is 288 g/mol. The van der Waals surface area contributed by atoms with Gasteiger partial charge in [-0.15, -0.1) is 0 Å². The quantitative estimate of drug-likeness (QED) is 0.781. The summed E-state index contributed by atoms with van der Waals surface area (Å²) in [6.45, 7) is 8.85. The maximum absolute atomic E-state index is 4.36. The lowest BCUT2D eigenvalue weighted by Crippen LogP contribution is -2.14. The van der Waals surface area contributed by atoms with Gasteiger partial charge in [-0.2, -0.15) is 5.10 Å². The van der Waals surface area contributed by atoms with Crippen LogP contribution in [0, 0.1) is 6.92 Å². The second-order valence-electron chi connectivity index (χ2n) is 5.04. The number of aryl methyl sites for hydroxylation is 1. The number of rotatable bonds is 8. The van der Waals surface area contributed by atoms with Gasteiger partial charge in [-0.25, -0.2) is 9.97 Å². The zero-order valence-corrected chi connectivity index (χ0v) is 13.1. The Kier molecular flexibility index (Phi) is 5.54. The summed E-state index contributed by atoms with van der Waals surface area (Å²) in [5, 5.41) is 11.0. The Morgan fingerprint density at radius 1 is 1.10 bits per heavy atom. The van der Waals surface area contributed by atoms with Crippen molar-refractivity contribution in [3.63, 3.8) is 0 Å². The van der Waals surface area contributed by atoms with E-state index in [1.165, 1.54) is 5.56 Å². The molecule has 0 aliphatic rings. The maximum Gasteiger partial charge on any atom is 0.134 e. The Labute approximate surface area is 126 Å². The van der Waals surface area contributed by atoms with Crippen LogP contribution in [-0.2, 0) is 13.0 Å². The van der Waals surface area contributed by atoms with E-state index in [-0.39, 0.29) is 0 Å². The van der Waals surface area contributed by atoms with E-state index in [9.17, 15) is 0 Å². The summed E-state index contributed by atoms with van der Waals surface area (Å²) in [5.74, 6) is 1.85. The van der Waals surface area contributed by atoms with Crippen LogP contribution < -0.4 is 10.6 Å². The first-order valence-electron chi connectivity index (χ1n) is 7.55. The van der Waals surface area contributed by atoms with E-state index in [1.807, 2.05) is 24.0 Å². The zero-order valence-electron chi connectivity index (χ0n) is 13.1. The fraction of sp³-hybridized carbons (Fsp3) is 0.533.